The third kappa shape index (κ3) is 27.7. The normalized spacial score (nSPS) is 16.2. The Labute approximate surface area is 710 Å². The van der Waals surface area contributed by atoms with Crippen LogP contribution in [-0.2, 0) is 97.6 Å². The average Bonchev–Trinajstić information content (AvgIpc) is 1.73. The van der Waals surface area contributed by atoms with E-state index in [0.29, 0.717) is 50.6 Å². The number of aromatic amines is 4. The first-order valence-corrected chi connectivity index (χ1v) is 41.2. The summed E-state index contributed by atoms with van der Waals surface area (Å²) in [6.45, 7) is 14.4. The van der Waals surface area contributed by atoms with Crippen LogP contribution >= 0.6 is 0 Å². The lowest BCUT2D eigenvalue weighted by atomic mass is 9.98. The van der Waals surface area contributed by atoms with Crippen molar-refractivity contribution < 1.29 is 87.2 Å². The number of imidazole rings is 1. The van der Waals surface area contributed by atoms with E-state index in [2.05, 4.69) is 94.0 Å². The topological polar surface area (TPSA) is 604 Å². The molecule has 24 N–H and O–H groups in total. The van der Waals surface area contributed by atoms with E-state index >= 15 is 9.59 Å². The van der Waals surface area contributed by atoms with Crippen LogP contribution in [0.5, 0.6) is 0 Å². The Morgan fingerprint density at radius 1 is 0.455 bits per heavy atom. The van der Waals surface area contributed by atoms with Crippen molar-refractivity contribution in [3.05, 3.63) is 126 Å². The first kappa shape index (κ1) is 95.8. The van der Waals surface area contributed by atoms with E-state index in [9.17, 15) is 77.6 Å². The minimum atomic E-state index is -1.94. The number of H-pyrrole nitrogens is 4. The van der Waals surface area contributed by atoms with Gasteiger partial charge in [0, 0.05) is 95.8 Å². The van der Waals surface area contributed by atoms with Crippen LogP contribution in [0.15, 0.2) is 104 Å². The van der Waals surface area contributed by atoms with Crippen molar-refractivity contribution in [1.29, 1.82) is 0 Å². The molecule has 7 aromatic rings. The zero-order chi connectivity index (χ0) is 90.1. The molecule has 1 aliphatic rings. The molecule has 4 aromatic heterocycles. The molecule has 39 heteroatoms. The number of nitrogens with one attached hydrogen (secondary N) is 17. The van der Waals surface area contributed by atoms with Gasteiger partial charge in [-0.25, -0.2) is 4.98 Å². The van der Waals surface area contributed by atoms with Crippen LogP contribution in [0.25, 0.3) is 32.7 Å². The second-order valence-electron chi connectivity index (χ2n) is 32.5. The summed E-state index contributed by atoms with van der Waals surface area (Å²) in [7, 11) is 0. The van der Waals surface area contributed by atoms with Gasteiger partial charge in [0.2, 0.25) is 88.6 Å². The number of nitrogens with zero attached hydrogens (tertiary/aromatic N) is 2. The number of carbonyl (C=O) groups is 15. The molecule has 666 valence electrons. The summed E-state index contributed by atoms with van der Waals surface area (Å²) in [6, 6.07) is 2.85. The molecule has 123 heavy (non-hydrogen) atoms. The molecule has 15 unspecified atom stereocenters. The van der Waals surface area contributed by atoms with Crippen LogP contribution in [0.3, 0.4) is 0 Å². The summed E-state index contributed by atoms with van der Waals surface area (Å²) in [5.41, 5.74) is 15.4. The molecule has 8 rings (SSSR count). The maximum Gasteiger partial charge on any atom is 0.245 e. The van der Waals surface area contributed by atoms with Crippen LogP contribution in [0.2, 0.25) is 0 Å². The molecule has 15 atom stereocenters. The Balaban J connectivity index is 0.961. The van der Waals surface area contributed by atoms with E-state index in [1.165, 1.54) is 25.1 Å². The predicted molar refractivity (Wildman–Crippen MR) is 452 cm³/mol. The van der Waals surface area contributed by atoms with Crippen molar-refractivity contribution in [2.45, 2.75) is 224 Å². The molecule has 0 spiro atoms. The van der Waals surface area contributed by atoms with E-state index in [4.69, 9.17) is 11.5 Å². The minimum Gasteiger partial charge on any atom is -0.394 e. The maximum absolute atomic E-state index is 15.3. The van der Waals surface area contributed by atoms with Crippen LogP contribution in [0.1, 0.15) is 130 Å². The summed E-state index contributed by atoms with van der Waals surface area (Å²) < 4.78 is 0. The Bertz CT molecular complexity index is 4860. The number of hydrogen-bond donors (Lipinski definition) is 22. The van der Waals surface area contributed by atoms with Gasteiger partial charge in [-0.3, -0.25) is 71.9 Å². The number of benzene rings is 3. The molecular weight excluding hydrogens is 1590 g/mol. The van der Waals surface area contributed by atoms with E-state index in [0.717, 1.165) is 17.8 Å². The quantitative estimate of drug-likeness (QED) is 0.0193. The standard InChI is InChI=1S/C84H117N21O18/c1-42(2)26-59(74(113)91-39-70(111)105-25-17-24-67(105)82(121)101-65(32-52-38-87-41-92-52)75(114)93-45(7)40-106)97-76(115)60(27-43(3)4)98-79(118)64(31-51-37-90-58-23-16-13-20-55(51)58)99-78(117)63(30-50-36-89-57-22-15-12-19-54(50)57)96-73(112)46(8)94-83(122)71(47(9)107)103-81(120)66(33-68(86)109)100-77(116)61(28-44(5)6)102-84(123)72(48(10)108)104-80(119)62(95-69(110)34-85)29-49-35-88-56-21-14-11-18-53(49)56/h11-16,18-23,35-38,41-48,59-67,71-72,88-90,106-108H,17,24-34,39-40,85H2,1-10H3,(H2,86,109)(H,87,92)(H,91,113)(H,93,114)(H,94,122)(H,95,110)(H,96,112)(H,97,115)(H,98,118)(H,99,117)(H,100,116)(H,101,121)(H,102,123)(H,103,120)(H,104,119). The molecule has 5 heterocycles. The summed E-state index contributed by atoms with van der Waals surface area (Å²) in [5, 5.41) is 67.5. The second-order valence-corrected chi connectivity index (χ2v) is 32.5. The van der Waals surface area contributed by atoms with Gasteiger partial charge in [-0.2, -0.15) is 0 Å². The number of rotatable bonds is 46. The maximum atomic E-state index is 15.3. The van der Waals surface area contributed by atoms with Crippen molar-refractivity contribution in [3.8, 4) is 0 Å². The molecule has 0 saturated carbocycles. The molecule has 0 radical (unpaired) electrons. The SMILES string of the molecule is CC(C)CC(NC(=O)C(CC(C)C)NC(=O)C(Cc1c[nH]c2ccccc12)NC(=O)C(Cc1c[nH]c2ccccc12)NC(=O)C(C)NC(=O)C(NC(=O)C(CC(N)=O)NC(=O)C(CC(C)C)NC(=O)C(NC(=O)C(Cc1c[nH]c2ccccc12)NC(=O)CN)C(C)O)C(C)O)C(=O)NCC(=O)N1CCCC1C(=O)NC(Cc1c[nH]cn1)C(=O)NC(C)CO. The Hall–Kier alpha value is -12.6. The Kier molecular flexibility index (Phi) is 35.3. The van der Waals surface area contributed by atoms with Crippen LogP contribution < -0.4 is 80.6 Å². The molecule has 15 amide bonds. The summed E-state index contributed by atoms with van der Waals surface area (Å²) >= 11 is 0. The number of aliphatic hydroxyl groups is 3. The van der Waals surface area contributed by atoms with Crippen molar-refractivity contribution >= 4 is 121 Å². The fourth-order valence-corrected chi connectivity index (χ4v) is 14.5. The zero-order valence-corrected chi connectivity index (χ0v) is 70.6. The largest absolute Gasteiger partial charge is 0.394 e. The Morgan fingerprint density at radius 2 is 0.846 bits per heavy atom. The van der Waals surface area contributed by atoms with Crippen LogP contribution in [0.4, 0.5) is 0 Å². The second kappa shape index (κ2) is 45.3. The summed E-state index contributed by atoms with van der Waals surface area (Å²) in [6.07, 6.45) is 3.67. The molecule has 1 aliphatic heterocycles. The monoisotopic (exact) mass is 1710 g/mol. The smallest absolute Gasteiger partial charge is 0.245 e. The summed E-state index contributed by atoms with van der Waals surface area (Å²) in [5.74, 6) is -14.4. The van der Waals surface area contributed by atoms with E-state index in [1.54, 1.807) is 132 Å². The predicted octanol–water partition coefficient (Wildman–Crippen LogP) is -2.18. The average molecular weight is 1710 g/mol. The lowest BCUT2D eigenvalue weighted by molar-refractivity contribution is -0.140. The molecule has 0 aliphatic carbocycles. The van der Waals surface area contributed by atoms with Gasteiger partial charge in [0.25, 0.3) is 0 Å². The first-order chi connectivity index (χ1) is 58.4. The molecule has 0 bridgehead atoms. The highest BCUT2D eigenvalue weighted by atomic mass is 16.3. The van der Waals surface area contributed by atoms with Gasteiger partial charge >= 0.3 is 0 Å². The van der Waals surface area contributed by atoms with E-state index in [1.807, 2.05) is 13.8 Å². The lowest BCUT2D eigenvalue weighted by Crippen LogP contribution is -2.63. The van der Waals surface area contributed by atoms with Gasteiger partial charge < -0.3 is 121 Å². The third-order valence-electron chi connectivity index (χ3n) is 20.9. The number of amides is 15. The van der Waals surface area contributed by atoms with Crippen molar-refractivity contribution in [2.24, 2.45) is 29.2 Å². The highest BCUT2D eigenvalue weighted by Gasteiger charge is 2.41. The molecular formula is C84H117N21O18. The number of hydrogen-bond acceptors (Lipinski definition) is 20. The third-order valence-corrected chi connectivity index (χ3v) is 20.9. The number of primary amides is 1. The van der Waals surface area contributed by atoms with Gasteiger partial charge in [-0.15, -0.1) is 0 Å². The first-order valence-electron chi connectivity index (χ1n) is 41.2. The fraction of sp³-hybridized carbons (Fsp3) is 0.500. The van der Waals surface area contributed by atoms with E-state index < -0.39 is 199 Å². The number of nitrogens with two attached hydrogens (primary N) is 2. The Morgan fingerprint density at radius 3 is 1.28 bits per heavy atom. The van der Waals surface area contributed by atoms with Crippen molar-refractivity contribution in [3.63, 3.8) is 0 Å². The highest BCUT2D eigenvalue weighted by Crippen LogP contribution is 2.25. The molecule has 39 nitrogen and oxygen atoms in total. The van der Waals surface area contributed by atoms with Crippen LogP contribution in [-0.4, -0.2) is 251 Å². The van der Waals surface area contributed by atoms with Crippen molar-refractivity contribution in [1.82, 2.24) is 98.9 Å². The van der Waals surface area contributed by atoms with E-state index in [-0.39, 0.29) is 82.3 Å². The number of para-hydroxylation sites is 3. The highest BCUT2D eigenvalue weighted by molar-refractivity contribution is 6.02. The number of fused-ring (bicyclic) bond motifs is 3. The van der Waals surface area contributed by atoms with Crippen LogP contribution in [0, 0.1) is 17.8 Å². The zero-order valence-electron chi connectivity index (χ0n) is 70.6. The van der Waals surface area contributed by atoms with Gasteiger partial charge in [-0.05, 0) is 112 Å². The lowest BCUT2D eigenvalue weighted by Gasteiger charge is -2.29. The van der Waals surface area contributed by atoms with Crippen molar-refractivity contribution in [2.75, 3.05) is 26.2 Å². The number of aliphatic hydroxyl groups excluding tert-OH is 3. The molecule has 1 saturated heterocycles. The number of carbonyl (C=O) groups excluding carboxylic acids is 15. The van der Waals surface area contributed by atoms with Gasteiger partial charge in [0.1, 0.15) is 72.5 Å². The van der Waals surface area contributed by atoms with Gasteiger partial charge in [0.05, 0.1) is 50.3 Å². The number of likely N-dealkylation sites (tertiary alicyclic amines) is 1. The molecule has 1 fully saturated rings. The van der Waals surface area contributed by atoms with Gasteiger partial charge in [0.15, 0.2) is 0 Å². The van der Waals surface area contributed by atoms with Gasteiger partial charge in [-0.1, -0.05) is 96.1 Å². The minimum absolute atomic E-state index is 0.00476. The number of aromatic nitrogens is 5. The summed E-state index contributed by atoms with van der Waals surface area (Å²) in [4.78, 5) is 230. The fourth-order valence-electron chi connectivity index (χ4n) is 14.5. The molecule has 3 aromatic carbocycles.